The fourth-order valence-electron chi connectivity index (χ4n) is 4.18. The van der Waals surface area contributed by atoms with Crippen molar-refractivity contribution in [3.63, 3.8) is 0 Å². The summed E-state index contributed by atoms with van der Waals surface area (Å²) in [6.45, 7) is 0.480. The second-order valence-electron chi connectivity index (χ2n) is 9.74. The summed E-state index contributed by atoms with van der Waals surface area (Å²) in [4.78, 5) is 39.9. The zero-order valence-corrected chi connectivity index (χ0v) is 24.4. The van der Waals surface area contributed by atoms with Gasteiger partial charge >= 0.3 is 6.03 Å². The number of urea groups is 1. The van der Waals surface area contributed by atoms with Crippen LogP contribution in [-0.2, 0) is 17.9 Å². The molecule has 0 aliphatic carbocycles. The monoisotopic (exact) mass is 609 g/mol. The number of halogens is 3. The zero-order valence-electron chi connectivity index (χ0n) is 23.7. The molecule has 4 N–H and O–H groups in total. The normalized spacial score (nSPS) is 13.4. The molecule has 1 aliphatic rings. The van der Waals surface area contributed by atoms with E-state index in [4.69, 9.17) is 17.0 Å². The average molecular weight is 610 g/mol. The summed E-state index contributed by atoms with van der Waals surface area (Å²) in [7, 11) is 5.40. The van der Waals surface area contributed by atoms with Crippen LogP contribution < -0.4 is 20.9 Å². The Bertz CT molecular complexity index is 1600. The number of rotatable bonds is 11. The van der Waals surface area contributed by atoms with Gasteiger partial charge in [0, 0.05) is 54.9 Å². The van der Waals surface area contributed by atoms with E-state index in [1.54, 1.807) is 37.4 Å². The van der Waals surface area contributed by atoms with Crippen LogP contribution in [0.1, 0.15) is 11.1 Å². The van der Waals surface area contributed by atoms with Gasteiger partial charge in [0.05, 0.1) is 24.5 Å². The average Bonchev–Trinajstić information content (AvgIpc) is 2.94. The molecule has 0 unspecified atom stereocenters. The number of benzene rings is 2. The Morgan fingerprint density at radius 1 is 1.19 bits per heavy atom. The van der Waals surface area contributed by atoms with Gasteiger partial charge in [0.15, 0.2) is 5.82 Å². The Kier molecular flexibility index (Phi) is 10.0. The minimum atomic E-state index is -0.777. The van der Waals surface area contributed by atoms with Gasteiger partial charge in [-0.3, -0.25) is 10.2 Å². The first-order chi connectivity index (χ1) is 20.5. The SMILES string of the molecule is CN/C=C(/Nc1ncc2c(n1)N(c1cccc(NC(=O)/C=C/CN(C)C)c1)C(=O)N(Cc1ccc(F)cc1F)C2)C(=N)Cl. The Labute approximate surface area is 252 Å². The number of fused-ring (bicyclic) bond motifs is 1. The van der Waals surface area contributed by atoms with Crippen LogP contribution in [0.25, 0.3) is 0 Å². The number of carbonyl (C=O) groups excluding carboxylic acids is 2. The molecule has 11 nitrogen and oxygen atoms in total. The summed E-state index contributed by atoms with van der Waals surface area (Å²) < 4.78 is 28.1. The molecule has 0 saturated heterocycles. The van der Waals surface area contributed by atoms with E-state index in [0.717, 1.165) is 12.1 Å². The maximum Gasteiger partial charge on any atom is 0.330 e. The summed E-state index contributed by atoms with van der Waals surface area (Å²) in [5.41, 5.74) is 1.65. The zero-order chi connectivity index (χ0) is 31.1. The lowest BCUT2D eigenvalue weighted by Crippen LogP contribution is -2.45. The van der Waals surface area contributed by atoms with Gasteiger partial charge in [0.2, 0.25) is 11.9 Å². The molecule has 0 spiro atoms. The second kappa shape index (κ2) is 13.9. The van der Waals surface area contributed by atoms with Crippen LogP contribution in [0.2, 0.25) is 0 Å². The molecule has 4 rings (SSSR count). The summed E-state index contributed by atoms with van der Waals surface area (Å²) in [5.74, 6) is -1.55. The molecule has 0 bridgehead atoms. The van der Waals surface area contributed by atoms with Crippen LogP contribution in [0.5, 0.6) is 0 Å². The van der Waals surface area contributed by atoms with Crippen LogP contribution in [0.4, 0.5) is 36.7 Å². The molecule has 2 aromatic carbocycles. The van der Waals surface area contributed by atoms with Crippen molar-refractivity contribution in [3.8, 4) is 0 Å². The maximum absolute atomic E-state index is 14.5. The first kappa shape index (κ1) is 31.1. The fourth-order valence-corrected chi connectivity index (χ4v) is 4.28. The minimum absolute atomic E-state index is 0.0411. The van der Waals surface area contributed by atoms with Crippen molar-refractivity contribution < 1.29 is 18.4 Å². The summed E-state index contributed by atoms with van der Waals surface area (Å²) in [6.07, 6.45) is 6.11. The number of anilines is 4. The van der Waals surface area contributed by atoms with Crippen molar-refractivity contribution in [2.45, 2.75) is 13.1 Å². The number of hydrogen-bond donors (Lipinski definition) is 4. The van der Waals surface area contributed by atoms with Crippen molar-refractivity contribution >= 4 is 51.9 Å². The number of likely N-dealkylation sites (N-methyl/N-ethyl adjacent to an activating group) is 1. The Morgan fingerprint density at radius 2 is 1.98 bits per heavy atom. The quantitative estimate of drug-likeness (QED) is 0.182. The van der Waals surface area contributed by atoms with E-state index >= 15 is 0 Å². The van der Waals surface area contributed by atoms with Crippen molar-refractivity contribution in [2.24, 2.45) is 0 Å². The highest BCUT2D eigenvalue weighted by Crippen LogP contribution is 2.36. The number of nitrogens with one attached hydrogen (secondary N) is 4. The second-order valence-corrected chi connectivity index (χ2v) is 10.1. The van der Waals surface area contributed by atoms with Gasteiger partial charge in [-0.1, -0.05) is 29.8 Å². The molecular weight excluding hydrogens is 580 g/mol. The van der Waals surface area contributed by atoms with Crippen LogP contribution >= 0.6 is 11.6 Å². The molecule has 0 radical (unpaired) electrons. The standard InChI is InChI=1S/C29H30ClF2N9O2/c1-34-15-24(26(30)33)37-28-35-14-19-17-40(16-18-9-10-20(31)12-23(18)32)29(43)41(27(19)38-28)22-7-4-6-21(13-22)36-25(42)8-5-11-39(2)3/h4-10,12-15,33-34H,11,16-17H2,1-3H3,(H,36,42)(H,35,37,38)/b8-5+,24-15+,33-26?. The third-order valence-corrected chi connectivity index (χ3v) is 6.34. The smallest absolute Gasteiger partial charge is 0.330 e. The van der Waals surface area contributed by atoms with E-state index in [2.05, 4.69) is 25.9 Å². The topological polar surface area (TPSA) is 130 Å². The lowest BCUT2D eigenvalue weighted by atomic mass is 10.1. The van der Waals surface area contributed by atoms with E-state index in [9.17, 15) is 18.4 Å². The highest BCUT2D eigenvalue weighted by atomic mass is 35.5. The van der Waals surface area contributed by atoms with Crippen molar-refractivity contribution in [3.05, 3.63) is 95.5 Å². The number of allylic oxidation sites excluding steroid dienone is 1. The lowest BCUT2D eigenvalue weighted by Gasteiger charge is -2.36. The third kappa shape index (κ3) is 7.90. The van der Waals surface area contributed by atoms with Crippen LogP contribution in [0.3, 0.4) is 0 Å². The number of amides is 3. The van der Waals surface area contributed by atoms with E-state index in [0.29, 0.717) is 23.5 Å². The van der Waals surface area contributed by atoms with E-state index in [1.807, 2.05) is 19.0 Å². The highest BCUT2D eigenvalue weighted by Gasteiger charge is 2.34. The van der Waals surface area contributed by atoms with E-state index in [-0.39, 0.29) is 47.2 Å². The fraction of sp³-hybridized carbons (Fsp3) is 0.207. The Balaban J connectivity index is 1.72. The lowest BCUT2D eigenvalue weighted by molar-refractivity contribution is -0.111. The molecule has 3 aromatic rings. The molecule has 224 valence electrons. The first-order valence-corrected chi connectivity index (χ1v) is 13.4. The predicted molar refractivity (Wildman–Crippen MR) is 162 cm³/mol. The van der Waals surface area contributed by atoms with Crippen LogP contribution in [0, 0.1) is 17.0 Å². The van der Waals surface area contributed by atoms with Crippen LogP contribution in [-0.4, -0.2) is 64.6 Å². The van der Waals surface area contributed by atoms with Gasteiger partial charge in [0.1, 0.15) is 16.8 Å². The van der Waals surface area contributed by atoms with E-state index in [1.165, 1.54) is 34.3 Å². The van der Waals surface area contributed by atoms with Gasteiger partial charge in [-0.15, -0.1) is 0 Å². The van der Waals surface area contributed by atoms with Gasteiger partial charge < -0.3 is 25.8 Å². The summed E-state index contributed by atoms with van der Waals surface area (Å²) in [6, 6.07) is 9.27. The van der Waals surface area contributed by atoms with Crippen molar-refractivity contribution in [1.29, 1.82) is 5.41 Å². The molecular formula is C29H30ClF2N9O2. The minimum Gasteiger partial charge on any atom is -0.392 e. The number of aromatic nitrogens is 2. The molecule has 43 heavy (non-hydrogen) atoms. The van der Waals surface area contributed by atoms with Gasteiger partial charge in [-0.2, -0.15) is 4.98 Å². The number of hydrogen-bond acceptors (Lipinski definition) is 8. The molecule has 14 heteroatoms. The van der Waals surface area contributed by atoms with Crippen molar-refractivity contribution in [1.82, 2.24) is 25.1 Å². The van der Waals surface area contributed by atoms with Gasteiger partial charge in [0.25, 0.3) is 0 Å². The molecule has 1 aromatic heterocycles. The van der Waals surface area contributed by atoms with Gasteiger partial charge in [-0.25, -0.2) is 23.5 Å². The molecule has 0 saturated carbocycles. The molecule has 0 fully saturated rings. The molecule has 3 amide bonds. The summed E-state index contributed by atoms with van der Waals surface area (Å²) in [5, 5.41) is 15.9. The van der Waals surface area contributed by atoms with E-state index < -0.39 is 17.7 Å². The Hall–Kier alpha value is -4.88. The highest BCUT2D eigenvalue weighted by molar-refractivity contribution is 6.68. The number of carbonyl (C=O) groups is 2. The molecule has 1 aliphatic heterocycles. The largest absolute Gasteiger partial charge is 0.392 e. The van der Waals surface area contributed by atoms with Crippen LogP contribution in [0.15, 0.2) is 72.7 Å². The van der Waals surface area contributed by atoms with Crippen molar-refractivity contribution in [2.75, 3.05) is 43.2 Å². The maximum atomic E-state index is 14.5. The molecule has 0 atom stereocenters. The summed E-state index contributed by atoms with van der Waals surface area (Å²) >= 11 is 5.88. The number of nitrogens with zero attached hydrogens (tertiary/aromatic N) is 5. The molecule has 2 heterocycles. The Morgan fingerprint density at radius 3 is 2.67 bits per heavy atom. The predicted octanol–water partition coefficient (Wildman–Crippen LogP) is 4.77. The first-order valence-electron chi connectivity index (χ1n) is 13.1. The third-order valence-electron chi connectivity index (χ3n) is 6.14. The van der Waals surface area contributed by atoms with Gasteiger partial charge in [-0.05, 0) is 38.4 Å².